The van der Waals surface area contributed by atoms with E-state index in [9.17, 15) is 9.59 Å². The number of nitrogens with zero attached hydrogens (tertiary/aromatic N) is 2. The average molecular weight is 290 g/mol. The van der Waals surface area contributed by atoms with Crippen LogP contribution in [-0.4, -0.2) is 47.8 Å². The lowest BCUT2D eigenvalue weighted by molar-refractivity contribution is 0.0537. The van der Waals surface area contributed by atoms with Crippen LogP contribution in [0.2, 0.25) is 0 Å². The maximum atomic E-state index is 12.2. The largest absolute Gasteiger partial charge is 0.472 e. The first-order valence-electron chi connectivity index (χ1n) is 6.40. The summed E-state index contributed by atoms with van der Waals surface area (Å²) in [5.74, 6) is 0.0115. The Kier molecular flexibility index (Phi) is 3.56. The fourth-order valence-electron chi connectivity index (χ4n) is 2.24. The highest BCUT2D eigenvalue weighted by Crippen LogP contribution is 2.15. The molecule has 6 heteroatoms. The number of carbonyl (C=O) groups excluding carboxylic acids is 2. The molecular weight excluding hydrogens is 276 g/mol. The summed E-state index contributed by atoms with van der Waals surface area (Å²) in [4.78, 5) is 28.6. The van der Waals surface area contributed by atoms with E-state index < -0.39 is 0 Å². The molecule has 0 aromatic carbocycles. The molecule has 2 amide bonds. The normalized spacial score (nSPS) is 15.4. The van der Waals surface area contributed by atoms with Crippen LogP contribution in [0.3, 0.4) is 0 Å². The first-order chi connectivity index (χ1) is 9.75. The van der Waals surface area contributed by atoms with E-state index in [4.69, 9.17) is 4.42 Å². The molecule has 0 spiro atoms. The van der Waals surface area contributed by atoms with Crippen LogP contribution in [0, 0.1) is 0 Å². The van der Waals surface area contributed by atoms with Crippen molar-refractivity contribution in [3.63, 3.8) is 0 Å². The van der Waals surface area contributed by atoms with Gasteiger partial charge in [-0.1, -0.05) is 6.07 Å². The third kappa shape index (κ3) is 2.46. The van der Waals surface area contributed by atoms with Gasteiger partial charge in [0.25, 0.3) is 11.8 Å². The predicted octanol–water partition coefficient (Wildman–Crippen LogP) is 1.94. The molecule has 0 aliphatic carbocycles. The summed E-state index contributed by atoms with van der Waals surface area (Å²) in [6.45, 7) is 2.25. The summed E-state index contributed by atoms with van der Waals surface area (Å²) >= 11 is 1.45. The minimum atomic E-state index is -0.0398. The summed E-state index contributed by atoms with van der Waals surface area (Å²) in [6, 6.07) is 5.36. The molecular formula is C14H14N2O3S. The topological polar surface area (TPSA) is 53.8 Å². The summed E-state index contributed by atoms with van der Waals surface area (Å²) < 4.78 is 4.92. The van der Waals surface area contributed by atoms with E-state index in [0.717, 1.165) is 4.88 Å². The Morgan fingerprint density at radius 2 is 1.75 bits per heavy atom. The summed E-state index contributed by atoms with van der Waals surface area (Å²) in [5.41, 5.74) is 0.558. The Morgan fingerprint density at radius 1 is 1.05 bits per heavy atom. The first kappa shape index (κ1) is 12.9. The molecule has 2 aromatic rings. The molecule has 0 unspecified atom stereocenters. The van der Waals surface area contributed by atoms with Gasteiger partial charge in [0.15, 0.2) is 0 Å². The van der Waals surface area contributed by atoms with Crippen LogP contribution in [0.5, 0.6) is 0 Å². The number of thiophene rings is 1. The van der Waals surface area contributed by atoms with Gasteiger partial charge in [-0.25, -0.2) is 0 Å². The zero-order valence-electron chi connectivity index (χ0n) is 10.8. The highest BCUT2D eigenvalue weighted by Gasteiger charge is 2.26. The van der Waals surface area contributed by atoms with Crippen molar-refractivity contribution in [1.29, 1.82) is 0 Å². The van der Waals surface area contributed by atoms with Crippen molar-refractivity contribution in [2.75, 3.05) is 26.2 Å². The quantitative estimate of drug-likeness (QED) is 0.849. The lowest BCUT2D eigenvalue weighted by atomic mass is 10.2. The molecule has 0 bridgehead atoms. The Bertz CT molecular complexity index is 530. The second-order valence-electron chi connectivity index (χ2n) is 4.57. The Labute approximate surface area is 120 Å². The average Bonchev–Trinajstić information content (AvgIpc) is 3.18. The molecule has 5 nitrogen and oxygen atoms in total. The van der Waals surface area contributed by atoms with E-state index >= 15 is 0 Å². The molecule has 20 heavy (non-hydrogen) atoms. The number of rotatable bonds is 2. The third-order valence-electron chi connectivity index (χ3n) is 3.35. The minimum absolute atomic E-state index is 0.0398. The van der Waals surface area contributed by atoms with Crippen LogP contribution in [-0.2, 0) is 0 Å². The summed E-state index contributed by atoms with van der Waals surface area (Å²) in [6.07, 6.45) is 2.94. The van der Waals surface area contributed by atoms with E-state index in [1.807, 2.05) is 17.5 Å². The van der Waals surface area contributed by atoms with Crippen molar-refractivity contribution in [1.82, 2.24) is 9.80 Å². The van der Waals surface area contributed by atoms with Crippen molar-refractivity contribution in [2.24, 2.45) is 0 Å². The second-order valence-corrected chi connectivity index (χ2v) is 5.52. The number of amides is 2. The number of hydrogen-bond donors (Lipinski definition) is 0. The van der Waals surface area contributed by atoms with E-state index in [1.54, 1.807) is 15.9 Å². The molecule has 1 saturated heterocycles. The molecule has 0 saturated carbocycles. The van der Waals surface area contributed by atoms with E-state index in [2.05, 4.69) is 0 Å². The second kappa shape index (κ2) is 5.50. The standard InChI is InChI=1S/C14H14N2O3S/c17-13(11-3-8-19-10-11)15-4-6-16(7-5-15)14(18)12-2-1-9-20-12/h1-3,8-10H,4-7H2. The maximum absolute atomic E-state index is 12.2. The van der Waals surface area contributed by atoms with Crippen LogP contribution >= 0.6 is 11.3 Å². The van der Waals surface area contributed by atoms with Crippen LogP contribution < -0.4 is 0 Å². The highest BCUT2D eigenvalue weighted by molar-refractivity contribution is 7.12. The van der Waals surface area contributed by atoms with Crippen molar-refractivity contribution >= 4 is 23.2 Å². The van der Waals surface area contributed by atoms with Gasteiger partial charge in [-0.15, -0.1) is 11.3 Å². The fourth-order valence-corrected chi connectivity index (χ4v) is 2.93. The van der Waals surface area contributed by atoms with Crippen LogP contribution in [0.4, 0.5) is 0 Å². The molecule has 3 rings (SSSR count). The molecule has 0 atom stereocenters. The predicted molar refractivity (Wildman–Crippen MR) is 74.8 cm³/mol. The van der Waals surface area contributed by atoms with Crippen molar-refractivity contribution < 1.29 is 14.0 Å². The number of piperazine rings is 1. The monoisotopic (exact) mass is 290 g/mol. The van der Waals surface area contributed by atoms with Gasteiger partial charge in [0, 0.05) is 26.2 Å². The van der Waals surface area contributed by atoms with Gasteiger partial charge in [-0.3, -0.25) is 9.59 Å². The van der Waals surface area contributed by atoms with Crippen molar-refractivity contribution in [3.05, 3.63) is 46.5 Å². The smallest absolute Gasteiger partial charge is 0.264 e. The lowest BCUT2D eigenvalue weighted by Gasteiger charge is -2.34. The SMILES string of the molecule is O=C(c1ccoc1)N1CCN(C(=O)c2cccs2)CC1. The molecule has 0 radical (unpaired) electrons. The van der Waals surface area contributed by atoms with Gasteiger partial charge in [0.1, 0.15) is 6.26 Å². The molecule has 104 valence electrons. The van der Waals surface area contributed by atoms with Crippen molar-refractivity contribution in [2.45, 2.75) is 0 Å². The van der Waals surface area contributed by atoms with Crippen molar-refractivity contribution in [3.8, 4) is 0 Å². The summed E-state index contributed by atoms with van der Waals surface area (Å²) in [5, 5.41) is 1.89. The van der Waals surface area contributed by atoms with Crippen LogP contribution in [0.1, 0.15) is 20.0 Å². The number of furan rings is 1. The lowest BCUT2D eigenvalue weighted by Crippen LogP contribution is -2.50. The fraction of sp³-hybridized carbons (Fsp3) is 0.286. The molecule has 0 N–H and O–H groups in total. The zero-order valence-corrected chi connectivity index (χ0v) is 11.6. The maximum Gasteiger partial charge on any atom is 0.264 e. The van der Waals surface area contributed by atoms with Gasteiger partial charge in [0.2, 0.25) is 0 Å². The van der Waals surface area contributed by atoms with Gasteiger partial charge in [-0.2, -0.15) is 0 Å². The Morgan fingerprint density at radius 3 is 2.30 bits per heavy atom. The molecule has 1 aliphatic heterocycles. The first-order valence-corrected chi connectivity index (χ1v) is 7.28. The highest BCUT2D eigenvalue weighted by atomic mass is 32.1. The molecule has 2 aromatic heterocycles. The minimum Gasteiger partial charge on any atom is -0.472 e. The third-order valence-corrected chi connectivity index (χ3v) is 4.21. The van der Waals surface area contributed by atoms with Crippen LogP contribution in [0.15, 0.2) is 40.5 Å². The van der Waals surface area contributed by atoms with Gasteiger partial charge >= 0.3 is 0 Å². The van der Waals surface area contributed by atoms with E-state index in [0.29, 0.717) is 31.7 Å². The van der Waals surface area contributed by atoms with E-state index in [1.165, 1.54) is 23.9 Å². The molecule has 3 heterocycles. The number of carbonyl (C=O) groups is 2. The van der Waals surface area contributed by atoms with Gasteiger partial charge < -0.3 is 14.2 Å². The molecule has 1 fully saturated rings. The van der Waals surface area contributed by atoms with Gasteiger partial charge in [0.05, 0.1) is 16.7 Å². The van der Waals surface area contributed by atoms with E-state index in [-0.39, 0.29) is 11.8 Å². The van der Waals surface area contributed by atoms with Gasteiger partial charge in [-0.05, 0) is 17.5 Å². The zero-order chi connectivity index (χ0) is 13.9. The Hall–Kier alpha value is -2.08. The molecule has 1 aliphatic rings. The van der Waals surface area contributed by atoms with Crippen LogP contribution in [0.25, 0.3) is 0 Å². The number of hydrogen-bond acceptors (Lipinski definition) is 4. The summed E-state index contributed by atoms with van der Waals surface area (Å²) in [7, 11) is 0. The Balaban J connectivity index is 1.60.